The molecular weight excluding hydrogens is 468 g/mol. The lowest BCUT2D eigenvalue weighted by molar-refractivity contribution is -0.137. The van der Waals surface area contributed by atoms with Crippen LogP contribution in [0.1, 0.15) is 42.3 Å². The molecule has 2 unspecified atom stereocenters. The maximum Gasteiger partial charge on any atom is 0.304 e. The van der Waals surface area contributed by atoms with Crippen molar-refractivity contribution in [3.8, 4) is 17.2 Å². The summed E-state index contributed by atoms with van der Waals surface area (Å²) in [5.41, 5.74) is 3.67. The Morgan fingerprint density at radius 1 is 1.14 bits per heavy atom. The monoisotopic (exact) mass is 491 g/mol. The van der Waals surface area contributed by atoms with E-state index in [9.17, 15) is 13.6 Å². The predicted octanol–water partition coefficient (Wildman–Crippen LogP) is 5.36. The molecule has 2 N–H and O–H groups in total. The number of fused-ring (bicyclic) bond motifs is 3. The van der Waals surface area contributed by atoms with Crippen LogP contribution in [0.2, 0.25) is 0 Å². The molecule has 1 aromatic heterocycles. The summed E-state index contributed by atoms with van der Waals surface area (Å²) >= 11 is 0. The second-order valence-corrected chi connectivity index (χ2v) is 9.01. The van der Waals surface area contributed by atoms with Crippen molar-refractivity contribution in [3.63, 3.8) is 0 Å². The number of aliphatic carboxylic acids is 1. The zero-order valence-electron chi connectivity index (χ0n) is 19.4. The smallest absolute Gasteiger partial charge is 0.304 e. The molecule has 2 aliphatic rings. The maximum atomic E-state index is 14.9. The number of nitrogens with zero attached hydrogens (tertiary/aromatic N) is 2. The number of para-hydroxylation sites is 1. The van der Waals surface area contributed by atoms with Crippen LogP contribution in [0, 0.1) is 11.6 Å². The first-order valence-corrected chi connectivity index (χ1v) is 11.8. The number of imidazole rings is 1. The van der Waals surface area contributed by atoms with Crippen molar-refractivity contribution in [1.29, 1.82) is 0 Å². The van der Waals surface area contributed by atoms with E-state index in [0.29, 0.717) is 48.2 Å². The number of ether oxygens (including phenoxy) is 2. The molecule has 0 radical (unpaired) electrons. The van der Waals surface area contributed by atoms with E-state index < -0.39 is 17.6 Å². The number of hydrogen-bond donors (Lipinski definition) is 2. The van der Waals surface area contributed by atoms with Crippen LogP contribution in [-0.4, -0.2) is 33.8 Å². The van der Waals surface area contributed by atoms with Gasteiger partial charge in [-0.3, -0.25) is 9.36 Å². The molecule has 2 aliphatic heterocycles. The van der Waals surface area contributed by atoms with Gasteiger partial charge in [-0.25, -0.2) is 13.8 Å². The van der Waals surface area contributed by atoms with Gasteiger partial charge in [0.05, 0.1) is 30.3 Å². The highest BCUT2D eigenvalue weighted by Crippen LogP contribution is 2.43. The minimum atomic E-state index is -0.940. The van der Waals surface area contributed by atoms with E-state index in [0.717, 1.165) is 22.9 Å². The van der Waals surface area contributed by atoms with Gasteiger partial charge in [0.15, 0.2) is 11.6 Å². The number of carboxylic acids is 1. The average Bonchev–Trinajstić information content (AvgIpc) is 3.57. The highest BCUT2D eigenvalue weighted by molar-refractivity contribution is 5.80. The van der Waals surface area contributed by atoms with Crippen molar-refractivity contribution in [1.82, 2.24) is 9.55 Å². The molecule has 0 aliphatic carbocycles. The van der Waals surface area contributed by atoms with Gasteiger partial charge in [-0.05, 0) is 24.3 Å². The van der Waals surface area contributed by atoms with Crippen molar-refractivity contribution in [3.05, 3.63) is 77.1 Å². The van der Waals surface area contributed by atoms with Crippen molar-refractivity contribution in [2.24, 2.45) is 0 Å². The summed E-state index contributed by atoms with van der Waals surface area (Å²) in [6, 6.07) is 13.7. The van der Waals surface area contributed by atoms with Crippen LogP contribution in [0.3, 0.4) is 0 Å². The summed E-state index contributed by atoms with van der Waals surface area (Å²) in [4.78, 5) is 15.6. The molecule has 36 heavy (non-hydrogen) atoms. The summed E-state index contributed by atoms with van der Waals surface area (Å²) in [6.45, 7) is 2.60. The highest BCUT2D eigenvalue weighted by Gasteiger charge is 2.31. The van der Waals surface area contributed by atoms with Crippen LogP contribution in [0.5, 0.6) is 11.5 Å². The van der Waals surface area contributed by atoms with Crippen LogP contribution in [0.4, 0.5) is 14.5 Å². The quantitative estimate of drug-likeness (QED) is 0.378. The fraction of sp³-hybridized carbons (Fsp3) is 0.259. The fourth-order valence-electron chi connectivity index (χ4n) is 5.12. The van der Waals surface area contributed by atoms with E-state index in [1.165, 1.54) is 6.07 Å². The number of carboxylic acid groups (broad SMARTS) is 1. The topological polar surface area (TPSA) is 85.6 Å². The Bertz CT molecular complexity index is 1520. The predicted molar refractivity (Wildman–Crippen MR) is 129 cm³/mol. The molecule has 0 fully saturated rings. The molecule has 0 spiro atoms. The minimum Gasteiger partial charge on any atom is -0.493 e. The van der Waals surface area contributed by atoms with E-state index in [2.05, 4.69) is 10.3 Å². The molecule has 0 amide bonds. The summed E-state index contributed by atoms with van der Waals surface area (Å²) in [7, 11) is 0. The molecule has 0 saturated carbocycles. The lowest BCUT2D eigenvalue weighted by atomic mass is 9.97. The Hall–Kier alpha value is -4.14. The molecular formula is C27H23F2N3O4. The van der Waals surface area contributed by atoms with Gasteiger partial charge in [-0.1, -0.05) is 25.1 Å². The van der Waals surface area contributed by atoms with Gasteiger partial charge in [0.1, 0.15) is 29.4 Å². The SMILES string of the molecule is CCc1nc2ccc(F)c(F)c2n1-c1cccc2c1OCC2Nc1ccc2c(c1)OCC2CC(=O)O. The van der Waals surface area contributed by atoms with Gasteiger partial charge in [-0.2, -0.15) is 0 Å². The first kappa shape index (κ1) is 22.3. The fourth-order valence-corrected chi connectivity index (χ4v) is 5.12. The normalized spacial score (nSPS) is 18.0. The van der Waals surface area contributed by atoms with Gasteiger partial charge >= 0.3 is 5.97 Å². The lowest BCUT2D eigenvalue weighted by Gasteiger charge is -2.15. The third-order valence-electron chi connectivity index (χ3n) is 6.79. The number of hydrogen-bond acceptors (Lipinski definition) is 5. The number of nitrogens with one attached hydrogen (secondary N) is 1. The van der Waals surface area contributed by atoms with E-state index >= 15 is 0 Å². The van der Waals surface area contributed by atoms with Gasteiger partial charge in [0, 0.05) is 35.2 Å². The number of rotatable bonds is 6. The van der Waals surface area contributed by atoms with Gasteiger partial charge in [0.2, 0.25) is 0 Å². The van der Waals surface area contributed by atoms with E-state index in [1.54, 1.807) is 4.57 Å². The number of halogens is 2. The number of benzene rings is 3. The third-order valence-corrected chi connectivity index (χ3v) is 6.79. The van der Waals surface area contributed by atoms with Crippen LogP contribution in [0.25, 0.3) is 16.7 Å². The first-order chi connectivity index (χ1) is 17.4. The molecule has 0 saturated heterocycles. The van der Waals surface area contributed by atoms with Crippen molar-refractivity contribution in [2.45, 2.75) is 31.7 Å². The van der Waals surface area contributed by atoms with E-state index in [-0.39, 0.29) is 23.9 Å². The zero-order valence-corrected chi connectivity index (χ0v) is 19.4. The Morgan fingerprint density at radius 3 is 2.81 bits per heavy atom. The molecule has 3 aromatic carbocycles. The summed E-state index contributed by atoms with van der Waals surface area (Å²) in [5, 5.41) is 12.6. The second-order valence-electron chi connectivity index (χ2n) is 9.01. The highest BCUT2D eigenvalue weighted by atomic mass is 19.2. The standard InChI is InChI=1S/C27H23F2N3O4/c1-2-23-31-19-9-8-18(28)25(29)26(19)32(23)21-5-3-4-17-20(13-36-27(17)21)30-15-6-7-16-14(10-24(33)34)12-35-22(16)11-15/h3-9,11,14,20,30H,2,10,12-13H2,1H3,(H,33,34). The lowest BCUT2D eigenvalue weighted by Crippen LogP contribution is -2.11. The number of carbonyl (C=O) groups is 1. The largest absolute Gasteiger partial charge is 0.493 e. The van der Waals surface area contributed by atoms with Gasteiger partial charge in [-0.15, -0.1) is 0 Å². The van der Waals surface area contributed by atoms with Crippen LogP contribution >= 0.6 is 0 Å². The third kappa shape index (κ3) is 3.54. The minimum absolute atomic E-state index is 0.0273. The zero-order chi connectivity index (χ0) is 25.0. The second kappa shape index (κ2) is 8.51. The van der Waals surface area contributed by atoms with E-state index in [1.807, 2.05) is 43.3 Å². The van der Waals surface area contributed by atoms with Gasteiger partial charge in [0.25, 0.3) is 0 Å². The molecule has 4 aromatic rings. The van der Waals surface area contributed by atoms with Crippen molar-refractivity contribution in [2.75, 3.05) is 18.5 Å². The van der Waals surface area contributed by atoms with Gasteiger partial charge < -0.3 is 19.9 Å². The molecule has 6 rings (SSSR count). The molecule has 7 nitrogen and oxygen atoms in total. The summed E-state index contributed by atoms with van der Waals surface area (Å²) in [6.07, 6.45) is 0.554. The maximum absolute atomic E-state index is 14.9. The van der Waals surface area contributed by atoms with Crippen LogP contribution in [-0.2, 0) is 11.2 Å². The Balaban J connectivity index is 1.35. The number of anilines is 1. The molecule has 184 valence electrons. The van der Waals surface area contributed by atoms with Crippen LogP contribution < -0.4 is 14.8 Å². The Kier molecular flexibility index (Phi) is 5.28. The number of aryl methyl sites for hydroxylation is 1. The van der Waals surface area contributed by atoms with Crippen LogP contribution in [0.15, 0.2) is 48.5 Å². The molecule has 2 atom stereocenters. The van der Waals surface area contributed by atoms with Crippen molar-refractivity contribution >= 4 is 22.7 Å². The summed E-state index contributed by atoms with van der Waals surface area (Å²) in [5.74, 6) is -1.01. The molecule has 3 heterocycles. The van der Waals surface area contributed by atoms with E-state index in [4.69, 9.17) is 14.6 Å². The summed E-state index contributed by atoms with van der Waals surface area (Å²) < 4.78 is 42.5. The average molecular weight is 491 g/mol. The molecule has 9 heteroatoms. The number of aromatic nitrogens is 2. The Labute approximate surface area is 205 Å². The molecule has 0 bridgehead atoms. The Morgan fingerprint density at radius 2 is 2.00 bits per heavy atom. The van der Waals surface area contributed by atoms with Crippen molar-refractivity contribution < 1.29 is 28.2 Å². The first-order valence-electron chi connectivity index (χ1n) is 11.8.